The van der Waals surface area contributed by atoms with Crippen molar-refractivity contribution in [1.29, 1.82) is 0 Å². The van der Waals surface area contributed by atoms with Gasteiger partial charge in [-0.2, -0.15) is 0 Å². The van der Waals surface area contributed by atoms with Crippen LogP contribution in [0.1, 0.15) is 24.8 Å². The van der Waals surface area contributed by atoms with Gasteiger partial charge in [-0.05, 0) is 30.4 Å². The van der Waals surface area contributed by atoms with Gasteiger partial charge in [-0.3, -0.25) is 4.79 Å². The van der Waals surface area contributed by atoms with Crippen LogP contribution < -0.4 is 0 Å². The zero-order valence-corrected chi connectivity index (χ0v) is 10.1. The van der Waals surface area contributed by atoms with Gasteiger partial charge in [-0.25, -0.2) is 0 Å². The number of rotatable bonds is 4. The SMILES string of the molecule is CCC(C(=O)OC)c1ccc(SC)cc1. The third-order valence-corrected chi connectivity index (χ3v) is 3.16. The lowest BCUT2D eigenvalue weighted by atomic mass is 9.97. The van der Waals surface area contributed by atoms with Gasteiger partial charge in [0, 0.05) is 4.90 Å². The number of benzene rings is 1. The van der Waals surface area contributed by atoms with E-state index in [2.05, 4.69) is 0 Å². The Bertz CT molecular complexity index is 319. The summed E-state index contributed by atoms with van der Waals surface area (Å²) in [6.45, 7) is 1.99. The lowest BCUT2D eigenvalue weighted by Crippen LogP contribution is -2.13. The smallest absolute Gasteiger partial charge is 0.313 e. The maximum atomic E-state index is 11.5. The predicted octanol–water partition coefficient (Wildman–Crippen LogP) is 3.08. The fraction of sp³-hybridized carbons (Fsp3) is 0.417. The molecule has 1 unspecified atom stereocenters. The van der Waals surface area contributed by atoms with Crippen molar-refractivity contribution in [2.45, 2.75) is 24.2 Å². The summed E-state index contributed by atoms with van der Waals surface area (Å²) in [5.41, 5.74) is 1.03. The van der Waals surface area contributed by atoms with Crippen LogP contribution in [0.25, 0.3) is 0 Å². The van der Waals surface area contributed by atoms with Crippen molar-refractivity contribution in [3.05, 3.63) is 29.8 Å². The Kier molecular flexibility index (Phi) is 4.69. The van der Waals surface area contributed by atoms with E-state index in [0.29, 0.717) is 0 Å². The topological polar surface area (TPSA) is 26.3 Å². The third kappa shape index (κ3) is 2.99. The second-order valence-corrected chi connectivity index (χ2v) is 4.14. The third-order valence-electron chi connectivity index (χ3n) is 2.41. The highest BCUT2D eigenvalue weighted by Crippen LogP contribution is 2.23. The van der Waals surface area contributed by atoms with E-state index < -0.39 is 0 Å². The average molecular weight is 224 g/mol. The van der Waals surface area contributed by atoms with Gasteiger partial charge in [0.15, 0.2) is 0 Å². The molecule has 15 heavy (non-hydrogen) atoms. The van der Waals surface area contributed by atoms with Crippen molar-refractivity contribution >= 4 is 17.7 Å². The standard InChI is InChI=1S/C12H16O2S/c1-4-11(12(13)14-2)9-5-7-10(15-3)8-6-9/h5-8,11H,4H2,1-3H3. The minimum atomic E-state index is -0.158. The van der Waals surface area contributed by atoms with Gasteiger partial charge >= 0.3 is 5.97 Å². The van der Waals surface area contributed by atoms with Gasteiger partial charge < -0.3 is 4.74 Å². The van der Waals surface area contributed by atoms with E-state index in [9.17, 15) is 4.79 Å². The Labute approximate surface area is 95.0 Å². The molecule has 0 bridgehead atoms. The van der Waals surface area contributed by atoms with E-state index in [-0.39, 0.29) is 11.9 Å². The molecule has 0 radical (unpaired) electrons. The Morgan fingerprint density at radius 3 is 2.40 bits per heavy atom. The van der Waals surface area contributed by atoms with Crippen molar-refractivity contribution in [2.24, 2.45) is 0 Å². The van der Waals surface area contributed by atoms with E-state index in [0.717, 1.165) is 12.0 Å². The van der Waals surface area contributed by atoms with Crippen molar-refractivity contribution in [3.63, 3.8) is 0 Å². The Balaban J connectivity index is 2.87. The molecule has 0 spiro atoms. The first-order valence-corrected chi connectivity index (χ1v) is 6.17. The zero-order valence-electron chi connectivity index (χ0n) is 9.32. The minimum absolute atomic E-state index is 0.133. The summed E-state index contributed by atoms with van der Waals surface area (Å²) in [6.07, 6.45) is 2.80. The van der Waals surface area contributed by atoms with Crippen molar-refractivity contribution < 1.29 is 9.53 Å². The van der Waals surface area contributed by atoms with E-state index >= 15 is 0 Å². The van der Waals surface area contributed by atoms with Crippen molar-refractivity contribution in [2.75, 3.05) is 13.4 Å². The van der Waals surface area contributed by atoms with Crippen LogP contribution in [0.15, 0.2) is 29.2 Å². The molecule has 0 saturated carbocycles. The first kappa shape index (κ1) is 12.1. The van der Waals surface area contributed by atoms with Crippen molar-refractivity contribution in [3.8, 4) is 0 Å². The molecule has 0 aliphatic rings. The molecular weight excluding hydrogens is 208 g/mol. The molecule has 0 fully saturated rings. The molecule has 0 N–H and O–H groups in total. The molecule has 2 nitrogen and oxygen atoms in total. The number of thioether (sulfide) groups is 1. The molecule has 0 heterocycles. The minimum Gasteiger partial charge on any atom is -0.469 e. The lowest BCUT2D eigenvalue weighted by molar-refractivity contribution is -0.142. The molecular formula is C12H16O2S. The summed E-state index contributed by atoms with van der Waals surface area (Å²) >= 11 is 1.69. The summed E-state index contributed by atoms with van der Waals surface area (Å²) in [5.74, 6) is -0.291. The van der Waals surface area contributed by atoms with Gasteiger partial charge in [0.25, 0.3) is 0 Å². The van der Waals surface area contributed by atoms with Crippen LogP contribution in [0, 0.1) is 0 Å². The molecule has 1 atom stereocenters. The highest BCUT2D eigenvalue weighted by Gasteiger charge is 2.18. The van der Waals surface area contributed by atoms with E-state index in [1.165, 1.54) is 12.0 Å². The molecule has 0 aliphatic heterocycles. The molecule has 3 heteroatoms. The van der Waals surface area contributed by atoms with Crippen LogP contribution in [0.5, 0.6) is 0 Å². The number of hydrogen-bond donors (Lipinski definition) is 0. The van der Waals surface area contributed by atoms with Gasteiger partial charge in [0.05, 0.1) is 13.0 Å². The van der Waals surface area contributed by atoms with Crippen LogP contribution in [0.3, 0.4) is 0 Å². The molecule has 0 saturated heterocycles. The lowest BCUT2D eigenvalue weighted by Gasteiger charge is -2.12. The molecule has 0 amide bonds. The molecule has 82 valence electrons. The Hall–Kier alpha value is -0.960. The summed E-state index contributed by atoms with van der Waals surface area (Å²) in [5, 5.41) is 0. The number of esters is 1. The quantitative estimate of drug-likeness (QED) is 0.581. The predicted molar refractivity (Wildman–Crippen MR) is 63.3 cm³/mol. The molecule has 1 aromatic carbocycles. The fourth-order valence-corrected chi connectivity index (χ4v) is 1.93. The van der Waals surface area contributed by atoms with Gasteiger partial charge in [0.2, 0.25) is 0 Å². The number of ether oxygens (including phenoxy) is 1. The molecule has 0 aliphatic carbocycles. The second-order valence-electron chi connectivity index (χ2n) is 3.26. The Morgan fingerprint density at radius 1 is 1.40 bits per heavy atom. The summed E-state index contributed by atoms with van der Waals surface area (Å²) in [6, 6.07) is 8.06. The fourth-order valence-electron chi connectivity index (χ4n) is 1.52. The van der Waals surface area contributed by atoms with Crippen LogP contribution in [-0.4, -0.2) is 19.3 Å². The molecule has 1 rings (SSSR count). The van der Waals surface area contributed by atoms with Crippen molar-refractivity contribution in [1.82, 2.24) is 0 Å². The second kappa shape index (κ2) is 5.81. The Morgan fingerprint density at radius 2 is 2.00 bits per heavy atom. The van der Waals surface area contributed by atoms with Gasteiger partial charge in [-0.1, -0.05) is 19.1 Å². The first-order valence-electron chi connectivity index (χ1n) is 4.94. The number of methoxy groups -OCH3 is 1. The van der Waals surface area contributed by atoms with Crippen LogP contribution in [-0.2, 0) is 9.53 Å². The molecule has 0 aromatic heterocycles. The largest absolute Gasteiger partial charge is 0.469 e. The van der Waals surface area contributed by atoms with Crippen LogP contribution in [0.4, 0.5) is 0 Å². The van der Waals surface area contributed by atoms with E-state index in [1.54, 1.807) is 11.8 Å². The molecule has 1 aromatic rings. The van der Waals surface area contributed by atoms with Gasteiger partial charge in [0.1, 0.15) is 0 Å². The normalized spacial score (nSPS) is 12.2. The summed E-state index contributed by atoms with van der Waals surface area (Å²) in [4.78, 5) is 12.7. The summed E-state index contributed by atoms with van der Waals surface area (Å²) < 4.78 is 4.77. The summed E-state index contributed by atoms with van der Waals surface area (Å²) in [7, 11) is 1.43. The monoisotopic (exact) mass is 224 g/mol. The maximum absolute atomic E-state index is 11.5. The zero-order chi connectivity index (χ0) is 11.3. The highest BCUT2D eigenvalue weighted by atomic mass is 32.2. The highest BCUT2D eigenvalue weighted by molar-refractivity contribution is 7.98. The van der Waals surface area contributed by atoms with Crippen LogP contribution >= 0.6 is 11.8 Å². The average Bonchev–Trinajstić information content (AvgIpc) is 2.30. The maximum Gasteiger partial charge on any atom is 0.313 e. The first-order chi connectivity index (χ1) is 7.22. The van der Waals surface area contributed by atoms with E-state index in [1.807, 2.05) is 37.4 Å². The van der Waals surface area contributed by atoms with Gasteiger partial charge in [-0.15, -0.1) is 11.8 Å². The number of hydrogen-bond acceptors (Lipinski definition) is 3. The number of carbonyl (C=O) groups is 1. The number of carbonyl (C=O) groups excluding carboxylic acids is 1. The van der Waals surface area contributed by atoms with Crippen LogP contribution in [0.2, 0.25) is 0 Å². The van der Waals surface area contributed by atoms with E-state index in [4.69, 9.17) is 4.74 Å².